The Morgan fingerprint density at radius 3 is 2.60 bits per heavy atom. The van der Waals surface area contributed by atoms with Crippen molar-refractivity contribution in [1.29, 1.82) is 0 Å². The number of amides is 1. The zero-order valence-electron chi connectivity index (χ0n) is 14.3. The SMILES string of the molecule is NCc1cc(C(=O)NCc2ccc(CN3CCOCC3)cc2)ccn1. The first-order valence-electron chi connectivity index (χ1n) is 8.56. The van der Waals surface area contributed by atoms with Gasteiger partial charge in [-0.1, -0.05) is 24.3 Å². The van der Waals surface area contributed by atoms with Gasteiger partial charge in [0.2, 0.25) is 0 Å². The lowest BCUT2D eigenvalue weighted by Crippen LogP contribution is -2.35. The third kappa shape index (κ3) is 5.09. The van der Waals surface area contributed by atoms with Crippen molar-refractivity contribution in [3.05, 3.63) is 65.0 Å². The number of nitrogens with one attached hydrogen (secondary N) is 1. The van der Waals surface area contributed by atoms with Crippen molar-refractivity contribution in [2.24, 2.45) is 5.73 Å². The van der Waals surface area contributed by atoms with Gasteiger partial charge in [0.25, 0.3) is 5.91 Å². The van der Waals surface area contributed by atoms with Crippen LogP contribution in [0, 0.1) is 0 Å². The Labute approximate surface area is 148 Å². The highest BCUT2D eigenvalue weighted by Gasteiger charge is 2.11. The van der Waals surface area contributed by atoms with Crippen molar-refractivity contribution in [2.75, 3.05) is 26.3 Å². The van der Waals surface area contributed by atoms with Crippen LogP contribution in [0.25, 0.3) is 0 Å². The van der Waals surface area contributed by atoms with Gasteiger partial charge in [-0.05, 0) is 23.3 Å². The summed E-state index contributed by atoms with van der Waals surface area (Å²) in [5, 5.41) is 2.93. The van der Waals surface area contributed by atoms with E-state index in [9.17, 15) is 4.79 Å². The summed E-state index contributed by atoms with van der Waals surface area (Å²) in [7, 11) is 0. The largest absolute Gasteiger partial charge is 0.379 e. The molecule has 1 fully saturated rings. The van der Waals surface area contributed by atoms with Crippen LogP contribution >= 0.6 is 0 Å². The number of benzene rings is 1. The maximum Gasteiger partial charge on any atom is 0.251 e. The third-order valence-corrected chi connectivity index (χ3v) is 4.27. The Kier molecular flexibility index (Phi) is 6.11. The van der Waals surface area contributed by atoms with Crippen molar-refractivity contribution >= 4 is 5.91 Å². The molecule has 132 valence electrons. The molecule has 1 aliphatic heterocycles. The number of nitrogens with two attached hydrogens (primary N) is 1. The molecule has 1 aromatic heterocycles. The number of aromatic nitrogens is 1. The standard InChI is InChI=1S/C19H24N4O2/c20-12-18-11-17(5-6-21-18)19(24)22-13-15-1-3-16(4-2-15)14-23-7-9-25-10-8-23/h1-6,11H,7-10,12-14,20H2,(H,22,24). The molecule has 1 aromatic carbocycles. The van der Waals surface area contributed by atoms with E-state index >= 15 is 0 Å². The lowest BCUT2D eigenvalue weighted by Gasteiger charge is -2.26. The number of morpholine rings is 1. The number of nitrogens with zero attached hydrogens (tertiary/aromatic N) is 2. The molecule has 6 heteroatoms. The maximum absolute atomic E-state index is 12.2. The average Bonchev–Trinajstić information content (AvgIpc) is 2.68. The van der Waals surface area contributed by atoms with E-state index in [-0.39, 0.29) is 5.91 Å². The Balaban J connectivity index is 1.51. The molecule has 0 spiro atoms. The molecule has 6 nitrogen and oxygen atoms in total. The Bertz CT molecular complexity index is 697. The number of carbonyl (C=O) groups excluding carboxylic acids is 1. The average molecular weight is 340 g/mol. The highest BCUT2D eigenvalue weighted by molar-refractivity contribution is 5.94. The van der Waals surface area contributed by atoms with Gasteiger partial charge in [-0.3, -0.25) is 14.7 Å². The predicted molar refractivity (Wildman–Crippen MR) is 95.8 cm³/mol. The van der Waals surface area contributed by atoms with Crippen LogP contribution in [0.15, 0.2) is 42.6 Å². The number of ether oxygens (including phenoxy) is 1. The fourth-order valence-corrected chi connectivity index (χ4v) is 2.80. The van der Waals surface area contributed by atoms with Crippen LogP contribution in [0.2, 0.25) is 0 Å². The molecular weight excluding hydrogens is 316 g/mol. The van der Waals surface area contributed by atoms with Crippen molar-refractivity contribution in [3.8, 4) is 0 Å². The number of hydrogen-bond donors (Lipinski definition) is 2. The second kappa shape index (κ2) is 8.71. The maximum atomic E-state index is 12.2. The summed E-state index contributed by atoms with van der Waals surface area (Å²) < 4.78 is 5.37. The second-order valence-electron chi connectivity index (χ2n) is 6.13. The van der Waals surface area contributed by atoms with Crippen LogP contribution in [0.4, 0.5) is 0 Å². The van der Waals surface area contributed by atoms with E-state index in [4.69, 9.17) is 10.5 Å². The topological polar surface area (TPSA) is 80.5 Å². The van der Waals surface area contributed by atoms with Gasteiger partial charge in [-0.15, -0.1) is 0 Å². The van der Waals surface area contributed by atoms with E-state index in [0.717, 1.165) is 38.4 Å². The van der Waals surface area contributed by atoms with Crippen LogP contribution < -0.4 is 11.1 Å². The van der Waals surface area contributed by atoms with Gasteiger partial charge in [0, 0.05) is 44.5 Å². The van der Waals surface area contributed by atoms with Crippen LogP contribution in [0.3, 0.4) is 0 Å². The first-order valence-corrected chi connectivity index (χ1v) is 8.56. The van der Waals surface area contributed by atoms with Gasteiger partial charge in [-0.2, -0.15) is 0 Å². The summed E-state index contributed by atoms with van der Waals surface area (Å²) in [6.45, 7) is 5.34. The van der Waals surface area contributed by atoms with Crippen LogP contribution in [0.5, 0.6) is 0 Å². The Morgan fingerprint density at radius 2 is 1.88 bits per heavy atom. The summed E-state index contributed by atoms with van der Waals surface area (Å²) in [6.07, 6.45) is 1.61. The van der Waals surface area contributed by atoms with Gasteiger partial charge in [0.15, 0.2) is 0 Å². The first-order chi connectivity index (χ1) is 12.2. The molecule has 1 amide bonds. The quantitative estimate of drug-likeness (QED) is 0.829. The molecular formula is C19H24N4O2. The molecule has 3 N–H and O–H groups in total. The molecule has 1 saturated heterocycles. The predicted octanol–water partition coefficient (Wildman–Crippen LogP) is 1.30. The number of carbonyl (C=O) groups is 1. The molecule has 2 aromatic rings. The summed E-state index contributed by atoms with van der Waals surface area (Å²) in [6, 6.07) is 11.8. The van der Waals surface area contributed by atoms with Crippen molar-refractivity contribution in [2.45, 2.75) is 19.6 Å². The van der Waals surface area contributed by atoms with Gasteiger partial charge >= 0.3 is 0 Å². The van der Waals surface area contributed by atoms with Crippen LogP contribution in [-0.2, 0) is 24.4 Å². The molecule has 3 rings (SSSR count). The minimum atomic E-state index is -0.116. The summed E-state index contributed by atoms with van der Waals surface area (Å²) in [4.78, 5) is 18.7. The van der Waals surface area contributed by atoms with E-state index < -0.39 is 0 Å². The third-order valence-electron chi connectivity index (χ3n) is 4.27. The van der Waals surface area contributed by atoms with Gasteiger partial charge < -0.3 is 15.8 Å². The molecule has 0 unspecified atom stereocenters. The van der Waals surface area contributed by atoms with Gasteiger partial charge in [0.1, 0.15) is 0 Å². The van der Waals surface area contributed by atoms with Crippen LogP contribution in [-0.4, -0.2) is 42.1 Å². The van der Waals surface area contributed by atoms with Gasteiger partial charge in [-0.25, -0.2) is 0 Å². The highest BCUT2D eigenvalue weighted by atomic mass is 16.5. The molecule has 1 aliphatic rings. The number of hydrogen-bond acceptors (Lipinski definition) is 5. The molecule has 0 radical (unpaired) electrons. The normalized spacial score (nSPS) is 15.1. The zero-order valence-corrected chi connectivity index (χ0v) is 14.3. The molecule has 25 heavy (non-hydrogen) atoms. The zero-order chi connectivity index (χ0) is 17.5. The summed E-state index contributed by atoms with van der Waals surface area (Å²) in [5.41, 5.74) is 9.20. The van der Waals surface area contributed by atoms with Crippen molar-refractivity contribution < 1.29 is 9.53 Å². The monoisotopic (exact) mass is 340 g/mol. The lowest BCUT2D eigenvalue weighted by molar-refractivity contribution is 0.0342. The first kappa shape index (κ1) is 17.5. The molecule has 2 heterocycles. The molecule has 0 saturated carbocycles. The van der Waals surface area contributed by atoms with E-state index in [1.165, 1.54) is 5.56 Å². The molecule has 0 bridgehead atoms. The molecule has 0 atom stereocenters. The van der Waals surface area contributed by atoms with E-state index in [2.05, 4.69) is 39.5 Å². The van der Waals surface area contributed by atoms with Crippen molar-refractivity contribution in [1.82, 2.24) is 15.2 Å². The fraction of sp³-hybridized carbons (Fsp3) is 0.368. The van der Waals surface area contributed by atoms with E-state index in [1.807, 2.05) is 0 Å². The number of rotatable bonds is 6. The fourth-order valence-electron chi connectivity index (χ4n) is 2.80. The highest BCUT2D eigenvalue weighted by Crippen LogP contribution is 2.10. The Morgan fingerprint density at radius 1 is 1.16 bits per heavy atom. The summed E-state index contributed by atoms with van der Waals surface area (Å²) >= 11 is 0. The molecule has 0 aliphatic carbocycles. The summed E-state index contributed by atoms with van der Waals surface area (Å²) in [5.74, 6) is -0.116. The number of pyridine rings is 1. The minimum absolute atomic E-state index is 0.116. The Hall–Kier alpha value is -2.28. The second-order valence-corrected chi connectivity index (χ2v) is 6.13. The van der Waals surface area contributed by atoms with Gasteiger partial charge in [0.05, 0.1) is 18.9 Å². The van der Waals surface area contributed by atoms with E-state index in [0.29, 0.717) is 24.3 Å². The van der Waals surface area contributed by atoms with Crippen LogP contribution in [0.1, 0.15) is 27.2 Å². The van der Waals surface area contributed by atoms with Crippen molar-refractivity contribution in [3.63, 3.8) is 0 Å². The lowest BCUT2D eigenvalue weighted by atomic mass is 10.1. The van der Waals surface area contributed by atoms with E-state index in [1.54, 1.807) is 18.3 Å². The minimum Gasteiger partial charge on any atom is -0.379 e. The smallest absolute Gasteiger partial charge is 0.251 e.